The van der Waals surface area contributed by atoms with Crippen molar-refractivity contribution in [3.63, 3.8) is 0 Å². The minimum Gasteiger partial charge on any atom is -0.496 e. The highest BCUT2D eigenvalue weighted by Crippen LogP contribution is 2.30. The van der Waals surface area contributed by atoms with Crippen molar-refractivity contribution in [3.05, 3.63) is 45.7 Å². The molecular formula is C15H18N2O3. The van der Waals surface area contributed by atoms with Crippen molar-refractivity contribution in [2.24, 2.45) is 0 Å². The minimum absolute atomic E-state index is 0.269. The number of ether oxygens (including phenoxy) is 1. The summed E-state index contributed by atoms with van der Waals surface area (Å²) in [5, 5.41) is 16.5. The van der Waals surface area contributed by atoms with Crippen LogP contribution in [-0.4, -0.2) is 22.4 Å². The Morgan fingerprint density at radius 3 is 2.60 bits per heavy atom. The molecule has 5 nitrogen and oxygen atoms in total. The van der Waals surface area contributed by atoms with E-state index in [0.717, 1.165) is 11.1 Å². The smallest absolute Gasteiger partial charge is 0.270 e. The van der Waals surface area contributed by atoms with Crippen molar-refractivity contribution in [2.75, 3.05) is 7.11 Å². The minimum atomic E-state index is -1.23. The first kappa shape index (κ1) is 14.3. The number of aromatic nitrogens is 2. The van der Waals surface area contributed by atoms with E-state index in [-0.39, 0.29) is 5.56 Å². The van der Waals surface area contributed by atoms with Gasteiger partial charge in [-0.2, -0.15) is 5.10 Å². The average Bonchev–Trinajstić information content (AvgIpc) is 2.38. The lowest BCUT2D eigenvalue weighted by molar-refractivity contribution is 0.0769. The molecule has 0 unspecified atom stereocenters. The third kappa shape index (κ3) is 2.72. The number of hydrogen-bond acceptors (Lipinski definition) is 4. The Morgan fingerprint density at radius 2 is 2.00 bits per heavy atom. The topological polar surface area (TPSA) is 75.2 Å². The van der Waals surface area contributed by atoms with Gasteiger partial charge in [0.25, 0.3) is 5.56 Å². The van der Waals surface area contributed by atoms with Gasteiger partial charge < -0.3 is 9.84 Å². The average molecular weight is 274 g/mol. The van der Waals surface area contributed by atoms with E-state index in [1.807, 2.05) is 25.1 Å². The molecule has 5 heteroatoms. The molecule has 0 radical (unpaired) electrons. The van der Waals surface area contributed by atoms with Gasteiger partial charge in [0.15, 0.2) is 0 Å². The molecule has 0 aliphatic carbocycles. The van der Waals surface area contributed by atoms with Gasteiger partial charge in [-0.25, -0.2) is 5.10 Å². The van der Waals surface area contributed by atoms with Crippen LogP contribution in [0.5, 0.6) is 5.75 Å². The lowest BCUT2D eigenvalue weighted by atomic mass is 9.98. The van der Waals surface area contributed by atoms with Gasteiger partial charge in [-0.3, -0.25) is 4.79 Å². The van der Waals surface area contributed by atoms with Crippen LogP contribution in [0.3, 0.4) is 0 Å². The molecule has 0 bridgehead atoms. The van der Waals surface area contributed by atoms with Crippen molar-refractivity contribution in [1.29, 1.82) is 0 Å². The van der Waals surface area contributed by atoms with Crippen LogP contribution in [0.2, 0.25) is 0 Å². The summed E-state index contributed by atoms with van der Waals surface area (Å²) >= 11 is 0. The third-order valence-electron chi connectivity index (χ3n) is 3.09. The van der Waals surface area contributed by atoms with Crippen LogP contribution in [0.25, 0.3) is 11.3 Å². The van der Waals surface area contributed by atoms with Crippen molar-refractivity contribution < 1.29 is 9.84 Å². The van der Waals surface area contributed by atoms with E-state index in [0.29, 0.717) is 11.4 Å². The number of aromatic amines is 1. The highest BCUT2D eigenvalue weighted by Gasteiger charge is 2.22. The summed E-state index contributed by atoms with van der Waals surface area (Å²) in [5.41, 5.74) is 1.02. The maximum atomic E-state index is 11.8. The van der Waals surface area contributed by atoms with Gasteiger partial charge in [-0.15, -0.1) is 0 Å². The SMILES string of the molecule is COc1ccc(C)cc1-c1cc(C(C)(C)O)c(=O)[nH]n1. The molecule has 1 heterocycles. The van der Waals surface area contributed by atoms with Crippen LogP contribution in [0.1, 0.15) is 25.0 Å². The fourth-order valence-electron chi connectivity index (χ4n) is 2.02. The van der Waals surface area contributed by atoms with Gasteiger partial charge in [-0.1, -0.05) is 11.6 Å². The van der Waals surface area contributed by atoms with Crippen molar-refractivity contribution in [2.45, 2.75) is 26.4 Å². The predicted octanol–water partition coefficient (Wildman–Crippen LogP) is 1.98. The Bertz CT molecular complexity index is 684. The quantitative estimate of drug-likeness (QED) is 0.897. The number of aryl methyl sites for hydroxylation is 1. The fraction of sp³-hybridized carbons (Fsp3) is 0.333. The summed E-state index contributed by atoms with van der Waals surface area (Å²) in [6.07, 6.45) is 0. The van der Waals surface area contributed by atoms with Crippen LogP contribution >= 0.6 is 0 Å². The molecule has 1 aromatic heterocycles. The van der Waals surface area contributed by atoms with Crippen LogP contribution < -0.4 is 10.3 Å². The Balaban J connectivity index is 2.65. The molecule has 0 aliphatic heterocycles. The molecular weight excluding hydrogens is 256 g/mol. The lowest BCUT2D eigenvalue weighted by Crippen LogP contribution is -2.27. The predicted molar refractivity (Wildman–Crippen MR) is 76.8 cm³/mol. The summed E-state index contributed by atoms with van der Waals surface area (Å²) in [5.74, 6) is 0.664. The van der Waals surface area contributed by atoms with E-state index >= 15 is 0 Å². The Labute approximate surface area is 117 Å². The zero-order valence-corrected chi connectivity index (χ0v) is 12.0. The summed E-state index contributed by atoms with van der Waals surface area (Å²) in [4.78, 5) is 11.8. The molecule has 2 N–H and O–H groups in total. The number of methoxy groups -OCH3 is 1. The number of aliphatic hydroxyl groups is 1. The number of hydrogen-bond donors (Lipinski definition) is 2. The monoisotopic (exact) mass is 274 g/mol. The molecule has 0 spiro atoms. The lowest BCUT2D eigenvalue weighted by Gasteiger charge is -2.17. The molecule has 1 aromatic carbocycles. The number of nitrogens with zero attached hydrogens (tertiary/aromatic N) is 1. The largest absolute Gasteiger partial charge is 0.496 e. The molecule has 106 valence electrons. The van der Waals surface area contributed by atoms with Gasteiger partial charge in [0.05, 0.1) is 24.0 Å². The molecule has 20 heavy (non-hydrogen) atoms. The van der Waals surface area contributed by atoms with Gasteiger partial charge in [0.1, 0.15) is 5.75 Å². The Hall–Kier alpha value is -2.14. The first-order chi connectivity index (χ1) is 9.32. The van der Waals surface area contributed by atoms with E-state index in [4.69, 9.17) is 4.74 Å². The molecule has 2 aromatic rings. The highest BCUT2D eigenvalue weighted by atomic mass is 16.5. The zero-order valence-electron chi connectivity index (χ0n) is 12.0. The molecule has 0 saturated heterocycles. The highest BCUT2D eigenvalue weighted by molar-refractivity contribution is 5.68. The summed E-state index contributed by atoms with van der Waals surface area (Å²) in [6.45, 7) is 5.09. The van der Waals surface area contributed by atoms with Gasteiger partial charge in [-0.05, 0) is 39.0 Å². The number of rotatable bonds is 3. The summed E-state index contributed by atoms with van der Waals surface area (Å²) in [6, 6.07) is 7.30. The van der Waals surface area contributed by atoms with E-state index in [1.54, 1.807) is 27.0 Å². The van der Waals surface area contributed by atoms with Gasteiger partial charge in [0.2, 0.25) is 0 Å². The van der Waals surface area contributed by atoms with Gasteiger partial charge in [0, 0.05) is 5.56 Å². The standard InChI is InChI=1S/C15H18N2O3/c1-9-5-6-13(20-4)10(7-9)12-8-11(15(2,3)19)14(18)17-16-12/h5-8,19H,1-4H3,(H,17,18). The molecule has 2 rings (SSSR count). The maximum Gasteiger partial charge on any atom is 0.270 e. The van der Waals surface area contributed by atoms with E-state index in [2.05, 4.69) is 10.2 Å². The molecule has 0 saturated carbocycles. The van der Waals surface area contributed by atoms with Crippen LogP contribution in [0, 0.1) is 6.92 Å². The number of nitrogens with one attached hydrogen (secondary N) is 1. The van der Waals surface area contributed by atoms with Gasteiger partial charge >= 0.3 is 0 Å². The first-order valence-electron chi connectivity index (χ1n) is 6.30. The van der Waals surface area contributed by atoms with E-state index in [1.165, 1.54) is 0 Å². The van der Waals surface area contributed by atoms with Crippen molar-refractivity contribution in [3.8, 4) is 17.0 Å². The Morgan fingerprint density at radius 1 is 1.30 bits per heavy atom. The zero-order chi connectivity index (χ0) is 14.9. The normalized spacial score (nSPS) is 11.4. The van der Waals surface area contributed by atoms with Crippen molar-refractivity contribution >= 4 is 0 Å². The van der Waals surface area contributed by atoms with E-state index in [9.17, 15) is 9.90 Å². The maximum absolute atomic E-state index is 11.8. The van der Waals surface area contributed by atoms with Crippen molar-refractivity contribution in [1.82, 2.24) is 10.2 Å². The third-order valence-corrected chi connectivity index (χ3v) is 3.09. The molecule has 0 fully saturated rings. The molecule has 0 aliphatic rings. The fourth-order valence-corrected chi connectivity index (χ4v) is 2.02. The van der Waals surface area contributed by atoms with Crippen LogP contribution in [0.15, 0.2) is 29.1 Å². The first-order valence-corrected chi connectivity index (χ1v) is 6.30. The van der Waals surface area contributed by atoms with Crippen LogP contribution in [0.4, 0.5) is 0 Å². The second-order valence-electron chi connectivity index (χ2n) is 5.26. The molecule has 0 amide bonds. The summed E-state index contributed by atoms with van der Waals surface area (Å²) < 4.78 is 5.32. The Kier molecular flexibility index (Phi) is 3.63. The van der Waals surface area contributed by atoms with E-state index < -0.39 is 11.2 Å². The number of H-pyrrole nitrogens is 1. The number of benzene rings is 1. The molecule has 0 atom stereocenters. The summed E-state index contributed by atoms with van der Waals surface area (Å²) in [7, 11) is 1.58. The second-order valence-corrected chi connectivity index (χ2v) is 5.26. The second kappa shape index (κ2) is 5.09. The van der Waals surface area contributed by atoms with Crippen LogP contribution in [-0.2, 0) is 5.60 Å².